The molecule has 184 valence electrons. The highest BCUT2D eigenvalue weighted by molar-refractivity contribution is 5.76. The van der Waals surface area contributed by atoms with Crippen LogP contribution < -0.4 is 0 Å². The van der Waals surface area contributed by atoms with Crippen LogP contribution in [0, 0.1) is 5.82 Å². The van der Waals surface area contributed by atoms with Crippen LogP contribution in [-0.2, 0) is 11.3 Å². The van der Waals surface area contributed by atoms with Crippen molar-refractivity contribution in [3.05, 3.63) is 72.0 Å². The van der Waals surface area contributed by atoms with E-state index in [1.54, 1.807) is 12.1 Å². The molecule has 2 heterocycles. The Labute approximate surface area is 206 Å². The summed E-state index contributed by atoms with van der Waals surface area (Å²) < 4.78 is 15.2. The predicted molar refractivity (Wildman–Crippen MR) is 135 cm³/mol. The normalized spacial score (nSPS) is 19.4. The van der Waals surface area contributed by atoms with E-state index in [-0.39, 0.29) is 18.3 Å². The third-order valence-electron chi connectivity index (χ3n) is 7.26. The summed E-state index contributed by atoms with van der Waals surface area (Å²) in [4.78, 5) is 22.5. The molecule has 0 spiro atoms. The molecule has 0 unspecified atom stereocenters. The van der Waals surface area contributed by atoms with Gasteiger partial charge in [-0.15, -0.1) is 0 Å². The number of amides is 1. The molecule has 1 saturated heterocycles. The summed E-state index contributed by atoms with van der Waals surface area (Å²) in [5.41, 5.74) is 2.03. The van der Waals surface area contributed by atoms with Crippen LogP contribution in [-0.4, -0.2) is 56.7 Å². The summed E-state index contributed by atoms with van der Waals surface area (Å²) in [6, 6.07) is 6.26. The summed E-state index contributed by atoms with van der Waals surface area (Å²) in [7, 11) is 0. The van der Waals surface area contributed by atoms with Gasteiger partial charge < -0.3 is 9.80 Å². The first kappa shape index (κ1) is 23.5. The van der Waals surface area contributed by atoms with Gasteiger partial charge in [0.1, 0.15) is 18.2 Å². The Bertz CT molecular complexity index is 1100. The molecule has 7 heteroatoms. The van der Waals surface area contributed by atoms with Gasteiger partial charge in [-0.2, -0.15) is 5.10 Å². The SMILES string of the molecule is O=C(Cn1nc(-c2ccc(F)cc2)nc1C1CCCCC1)N1CCN(C2=CCCC=CC=C2)CC1. The highest BCUT2D eigenvalue weighted by Crippen LogP contribution is 2.33. The van der Waals surface area contributed by atoms with E-state index in [2.05, 4.69) is 35.3 Å². The second kappa shape index (κ2) is 11.0. The van der Waals surface area contributed by atoms with Crippen LogP contribution >= 0.6 is 0 Å². The molecular formula is C28H34FN5O. The standard InChI is InChI=1S/C28H34FN5O/c29-24-15-13-22(14-16-24)27-30-28(23-9-5-4-6-10-23)34(31-27)21-26(35)33-19-17-32(18-20-33)25-11-7-2-1-3-8-12-25/h1-2,7,11-16,23H,3-6,8-10,17-21H2. The molecule has 5 rings (SSSR count). The molecule has 1 aliphatic heterocycles. The fourth-order valence-corrected chi connectivity index (χ4v) is 5.26. The fourth-order valence-electron chi connectivity index (χ4n) is 5.26. The molecule has 3 aliphatic rings. The maximum atomic E-state index is 13.4. The lowest BCUT2D eigenvalue weighted by Crippen LogP contribution is -2.49. The van der Waals surface area contributed by atoms with Crippen LogP contribution in [0.4, 0.5) is 4.39 Å². The molecule has 2 fully saturated rings. The van der Waals surface area contributed by atoms with Gasteiger partial charge in [0.2, 0.25) is 5.91 Å². The Kier molecular flexibility index (Phi) is 7.40. The minimum atomic E-state index is -0.280. The van der Waals surface area contributed by atoms with Crippen molar-refractivity contribution in [3.63, 3.8) is 0 Å². The molecular weight excluding hydrogens is 441 g/mol. The predicted octanol–water partition coefficient (Wildman–Crippen LogP) is 5.07. The molecule has 1 amide bonds. The number of aromatic nitrogens is 3. The number of piperazine rings is 1. The summed E-state index contributed by atoms with van der Waals surface area (Å²) >= 11 is 0. The maximum absolute atomic E-state index is 13.4. The third kappa shape index (κ3) is 5.72. The number of benzene rings is 1. The second-order valence-electron chi connectivity index (χ2n) is 9.65. The summed E-state index contributed by atoms with van der Waals surface area (Å²) in [5, 5.41) is 4.73. The number of halogens is 1. The Hall–Kier alpha value is -3.22. The smallest absolute Gasteiger partial charge is 0.244 e. The number of rotatable bonds is 5. The molecule has 0 N–H and O–H groups in total. The molecule has 0 radical (unpaired) electrons. The molecule has 1 aromatic heterocycles. The van der Waals surface area contributed by atoms with Crippen molar-refractivity contribution >= 4 is 5.91 Å². The van der Waals surface area contributed by atoms with Gasteiger partial charge in [-0.25, -0.2) is 14.1 Å². The molecule has 0 bridgehead atoms. The lowest BCUT2D eigenvalue weighted by atomic mass is 9.88. The van der Waals surface area contributed by atoms with Gasteiger partial charge in [0, 0.05) is 43.4 Å². The number of carbonyl (C=O) groups excluding carboxylic acids is 1. The van der Waals surface area contributed by atoms with Gasteiger partial charge in [0.05, 0.1) is 0 Å². The van der Waals surface area contributed by atoms with Crippen LogP contribution in [0.3, 0.4) is 0 Å². The Morgan fingerprint density at radius 1 is 0.971 bits per heavy atom. The summed E-state index contributed by atoms with van der Waals surface area (Å²) in [5.74, 6) is 1.59. The molecule has 35 heavy (non-hydrogen) atoms. The van der Waals surface area contributed by atoms with E-state index in [0.29, 0.717) is 24.8 Å². The average molecular weight is 476 g/mol. The van der Waals surface area contributed by atoms with Crippen molar-refractivity contribution in [1.29, 1.82) is 0 Å². The zero-order valence-electron chi connectivity index (χ0n) is 20.3. The van der Waals surface area contributed by atoms with Gasteiger partial charge in [0.15, 0.2) is 5.82 Å². The summed E-state index contributed by atoms with van der Waals surface area (Å²) in [6.45, 7) is 3.28. The van der Waals surface area contributed by atoms with Crippen LogP contribution in [0.2, 0.25) is 0 Å². The van der Waals surface area contributed by atoms with Crippen molar-refractivity contribution in [3.8, 4) is 11.4 Å². The lowest BCUT2D eigenvalue weighted by molar-refractivity contribution is -0.133. The second-order valence-corrected chi connectivity index (χ2v) is 9.65. The summed E-state index contributed by atoms with van der Waals surface area (Å²) in [6.07, 6.45) is 18.7. The van der Waals surface area contributed by atoms with Crippen molar-refractivity contribution in [2.45, 2.75) is 57.4 Å². The van der Waals surface area contributed by atoms with Gasteiger partial charge in [-0.05, 0) is 56.0 Å². The van der Waals surface area contributed by atoms with E-state index in [1.165, 1.54) is 37.1 Å². The van der Waals surface area contributed by atoms with Crippen LogP contribution in [0.1, 0.15) is 56.7 Å². The topological polar surface area (TPSA) is 54.3 Å². The highest BCUT2D eigenvalue weighted by atomic mass is 19.1. The third-order valence-corrected chi connectivity index (χ3v) is 7.26. The molecule has 6 nitrogen and oxygen atoms in total. The van der Waals surface area contributed by atoms with Crippen LogP contribution in [0.5, 0.6) is 0 Å². The van der Waals surface area contributed by atoms with Crippen molar-refractivity contribution in [2.75, 3.05) is 26.2 Å². The van der Waals surface area contributed by atoms with Crippen molar-refractivity contribution in [2.24, 2.45) is 0 Å². The quantitative estimate of drug-likeness (QED) is 0.606. The number of allylic oxidation sites excluding steroid dienone is 5. The Morgan fingerprint density at radius 2 is 1.74 bits per heavy atom. The molecule has 2 aliphatic carbocycles. The first-order valence-corrected chi connectivity index (χ1v) is 12.9. The van der Waals surface area contributed by atoms with Crippen LogP contribution in [0.15, 0.2) is 60.3 Å². The fraction of sp³-hybridized carbons (Fsp3) is 0.464. The van der Waals surface area contributed by atoms with Gasteiger partial charge >= 0.3 is 0 Å². The van der Waals surface area contributed by atoms with E-state index in [4.69, 9.17) is 10.1 Å². The van der Waals surface area contributed by atoms with Gasteiger partial charge in [-0.1, -0.05) is 43.6 Å². The molecule has 2 aromatic rings. The largest absolute Gasteiger partial charge is 0.368 e. The number of carbonyl (C=O) groups is 1. The van der Waals surface area contributed by atoms with Crippen LogP contribution in [0.25, 0.3) is 11.4 Å². The molecule has 1 saturated carbocycles. The van der Waals surface area contributed by atoms with E-state index >= 15 is 0 Å². The Balaban J connectivity index is 1.28. The molecule has 0 atom stereocenters. The van der Waals surface area contributed by atoms with E-state index in [1.807, 2.05) is 9.58 Å². The highest BCUT2D eigenvalue weighted by Gasteiger charge is 2.27. The lowest BCUT2D eigenvalue weighted by Gasteiger charge is -2.37. The Morgan fingerprint density at radius 3 is 2.51 bits per heavy atom. The number of hydrogen-bond donors (Lipinski definition) is 0. The van der Waals surface area contributed by atoms with E-state index in [9.17, 15) is 9.18 Å². The maximum Gasteiger partial charge on any atom is 0.244 e. The van der Waals surface area contributed by atoms with Crippen molar-refractivity contribution < 1.29 is 9.18 Å². The monoisotopic (exact) mass is 475 g/mol. The zero-order valence-corrected chi connectivity index (χ0v) is 20.3. The minimum Gasteiger partial charge on any atom is -0.368 e. The van der Waals surface area contributed by atoms with Crippen molar-refractivity contribution in [1.82, 2.24) is 24.6 Å². The zero-order chi connectivity index (χ0) is 24.0. The first-order chi connectivity index (χ1) is 17.2. The number of hydrogen-bond acceptors (Lipinski definition) is 4. The average Bonchev–Trinajstić information content (AvgIpc) is 3.29. The molecule has 1 aromatic carbocycles. The van der Waals surface area contributed by atoms with E-state index in [0.717, 1.165) is 50.2 Å². The van der Waals surface area contributed by atoms with E-state index < -0.39 is 0 Å². The van der Waals surface area contributed by atoms with Gasteiger partial charge in [-0.3, -0.25) is 4.79 Å². The number of nitrogens with zero attached hydrogens (tertiary/aromatic N) is 5. The van der Waals surface area contributed by atoms with Gasteiger partial charge in [0.25, 0.3) is 0 Å². The minimum absolute atomic E-state index is 0.0855. The first-order valence-electron chi connectivity index (χ1n) is 12.9.